The van der Waals surface area contributed by atoms with Crippen LogP contribution in [0.1, 0.15) is 40.9 Å². The smallest absolute Gasteiger partial charge is 0.338 e. The highest BCUT2D eigenvalue weighted by atomic mass is 16.6. The largest absolute Gasteiger partial charge is 0.477 e. The Balaban J connectivity index is 2.06. The number of benzene rings is 2. The topological polar surface area (TPSA) is 108 Å². The fourth-order valence-corrected chi connectivity index (χ4v) is 2.63. The molecule has 2 aromatic rings. The van der Waals surface area contributed by atoms with Crippen molar-refractivity contribution in [3.8, 4) is 5.75 Å². The number of methoxy groups -OCH3 is 1. The Bertz CT molecular complexity index is 863. The Morgan fingerprint density at radius 1 is 1.18 bits per heavy atom. The van der Waals surface area contributed by atoms with Gasteiger partial charge in [0.2, 0.25) is 0 Å². The molecular weight excluding hydrogens is 364 g/mol. The first-order valence-electron chi connectivity index (χ1n) is 8.71. The van der Waals surface area contributed by atoms with E-state index in [4.69, 9.17) is 4.74 Å². The zero-order chi connectivity index (χ0) is 20.7. The molecule has 8 heteroatoms. The maximum absolute atomic E-state index is 12.2. The molecule has 0 fully saturated rings. The summed E-state index contributed by atoms with van der Waals surface area (Å²) in [4.78, 5) is 34.3. The van der Waals surface area contributed by atoms with Crippen molar-refractivity contribution in [2.45, 2.75) is 26.3 Å². The molecule has 1 N–H and O–H groups in total. The molecule has 0 aromatic heterocycles. The average Bonchev–Trinajstić information content (AvgIpc) is 2.70. The van der Waals surface area contributed by atoms with Crippen LogP contribution in [0.2, 0.25) is 0 Å². The monoisotopic (exact) mass is 386 g/mol. The third kappa shape index (κ3) is 5.29. The minimum atomic E-state index is -0.698. The van der Waals surface area contributed by atoms with Gasteiger partial charge in [0.15, 0.2) is 12.4 Å². The van der Waals surface area contributed by atoms with Gasteiger partial charge in [-0.1, -0.05) is 36.8 Å². The number of nitrogens with one attached hydrogen (secondary N) is 1. The molecule has 8 nitrogen and oxygen atoms in total. The number of nitro benzene ring substituents is 1. The minimum absolute atomic E-state index is 0.0245. The summed E-state index contributed by atoms with van der Waals surface area (Å²) in [6, 6.07) is 11.3. The van der Waals surface area contributed by atoms with E-state index in [0.717, 1.165) is 17.2 Å². The number of carbonyl (C=O) groups is 2. The lowest BCUT2D eigenvalue weighted by atomic mass is 10.0. The van der Waals surface area contributed by atoms with Crippen molar-refractivity contribution in [3.63, 3.8) is 0 Å². The minimum Gasteiger partial charge on any atom is -0.477 e. The first-order valence-corrected chi connectivity index (χ1v) is 8.71. The summed E-state index contributed by atoms with van der Waals surface area (Å²) in [5.41, 5.74) is 1.70. The van der Waals surface area contributed by atoms with Gasteiger partial charge in [0.25, 0.3) is 5.91 Å². The van der Waals surface area contributed by atoms with Crippen LogP contribution < -0.4 is 10.1 Å². The zero-order valence-corrected chi connectivity index (χ0v) is 15.9. The highest BCUT2D eigenvalue weighted by Crippen LogP contribution is 2.28. The number of nitro groups is 1. The molecule has 148 valence electrons. The lowest BCUT2D eigenvalue weighted by Crippen LogP contribution is -2.32. The first kappa shape index (κ1) is 20.9. The van der Waals surface area contributed by atoms with E-state index in [0.29, 0.717) is 6.42 Å². The molecule has 0 bridgehead atoms. The lowest BCUT2D eigenvalue weighted by molar-refractivity contribution is -0.385. The normalized spacial score (nSPS) is 11.4. The van der Waals surface area contributed by atoms with Crippen LogP contribution in [0.5, 0.6) is 5.75 Å². The summed E-state index contributed by atoms with van der Waals surface area (Å²) in [7, 11) is 1.18. The van der Waals surface area contributed by atoms with Crippen LogP contribution in [0, 0.1) is 17.0 Å². The highest BCUT2D eigenvalue weighted by Gasteiger charge is 2.20. The quantitative estimate of drug-likeness (QED) is 0.423. The summed E-state index contributed by atoms with van der Waals surface area (Å²) < 4.78 is 9.87. The van der Waals surface area contributed by atoms with E-state index in [1.807, 2.05) is 38.1 Å². The molecule has 0 heterocycles. The van der Waals surface area contributed by atoms with Gasteiger partial charge in [-0.3, -0.25) is 14.9 Å². The predicted molar refractivity (Wildman–Crippen MR) is 102 cm³/mol. The first-order chi connectivity index (χ1) is 13.3. The van der Waals surface area contributed by atoms with Gasteiger partial charge in [0.1, 0.15) is 0 Å². The van der Waals surface area contributed by atoms with Crippen molar-refractivity contribution < 1.29 is 24.0 Å². The summed E-state index contributed by atoms with van der Waals surface area (Å²) in [6.45, 7) is 3.54. The van der Waals surface area contributed by atoms with Crippen molar-refractivity contribution in [1.82, 2.24) is 5.32 Å². The number of hydrogen-bond acceptors (Lipinski definition) is 6. The SMILES string of the molecule is CC[C@H](NC(=O)COc1ccc(C(=O)OC)cc1[N+](=O)[O-])c1ccc(C)cc1. The van der Waals surface area contributed by atoms with Crippen molar-refractivity contribution in [2.75, 3.05) is 13.7 Å². The number of carbonyl (C=O) groups excluding carboxylic acids is 2. The lowest BCUT2D eigenvalue weighted by Gasteiger charge is -2.18. The number of esters is 1. The number of hydrogen-bond donors (Lipinski definition) is 1. The molecular formula is C20H22N2O6. The molecule has 2 rings (SSSR count). The van der Waals surface area contributed by atoms with Crippen LogP contribution in [0.3, 0.4) is 0 Å². The second kappa shape index (κ2) is 9.50. The molecule has 1 amide bonds. The van der Waals surface area contributed by atoms with E-state index < -0.39 is 22.5 Å². The van der Waals surface area contributed by atoms with Gasteiger partial charge in [-0.2, -0.15) is 0 Å². The van der Waals surface area contributed by atoms with Crippen molar-refractivity contribution in [1.29, 1.82) is 0 Å². The Hall–Kier alpha value is -3.42. The molecule has 0 radical (unpaired) electrons. The fraction of sp³-hybridized carbons (Fsp3) is 0.300. The Kier molecular flexibility index (Phi) is 7.08. The zero-order valence-electron chi connectivity index (χ0n) is 15.9. The summed E-state index contributed by atoms with van der Waals surface area (Å²) in [5.74, 6) is -1.20. The van der Waals surface area contributed by atoms with Crippen molar-refractivity contribution in [2.24, 2.45) is 0 Å². The number of rotatable bonds is 8. The van der Waals surface area contributed by atoms with Gasteiger partial charge >= 0.3 is 11.7 Å². The second-order valence-electron chi connectivity index (χ2n) is 6.16. The predicted octanol–water partition coefficient (Wildman–Crippen LogP) is 3.34. The molecule has 0 aliphatic rings. The summed E-state index contributed by atoms with van der Waals surface area (Å²) >= 11 is 0. The van der Waals surface area contributed by atoms with Crippen LogP contribution in [-0.2, 0) is 9.53 Å². The van der Waals surface area contributed by atoms with E-state index in [2.05, 4.69) is 10.1 Å². The molecule has 0 aliphatic heterocycles. The van der Waals surface area contributed by atoms with Crippen LogP contribution in [0.4, 0.5) is 5.69 Å². The maximum atomic E-state index is 12.2. The van der Waals surface area contributed by atoms with Crippen LogP contribution in [0.25, 0.3) is 0 Å². The summed E-state index contributed by atoms with van der Waals surface area (Å²) in [5, 5.41) is 14.1. The van der Waals surface area contributed by atoms with E-state index in [9.17, 15) is 19.7 Å². The molecule has 2 aromatic carbocycles. The van der Waals surface area contributed by atoms with E-state index in [-0.39, 0.29) is 24.0 Å². The maximum Gasteiger partial charge on any atom is 0.338 e. The molecule has 0 saturated carbocycles. The number of nitrogens with zero attached hydrogens (tertiary/aromatic N) is 1. The molecule has 1 atom stereocenters. The average molecular weight is 386 g/mol. The van der Waals surface area contributed by atoms with E-state index >= 15 is 0 Å². The van der Waals surface area contributed by atoms with Gasteiger partial charge < -0.3 is 14.8 Å². The number of ether oxygens (including phenoxy) is 2. The number of aryl methyl sites for hydroxylation is 1. The second-order valence-corrected chi connectivity index (χ2v) is 6.16. The van der Waals surface area contributed by atoms with E-state index in [1.54, 1.807) is 0 Å². The Morgan fingerprint density at radius 3 is 2.43 bits per heavy atom. The van der Waals surface area contributed by atoms with Gasteiger partial charge in [-0.15, -0.1) is 0 Å². The summed E-state index contributed by atoms with van der Waals surface area (Å²) in [6.07, 6.45) is 0.683. The third-order valence-electron chi connectivity index (χ3n) is 4.16. The fourth-order valence-electron chi connectivity index (χ4n) is 2.63. The van der Waals surface area contributed by atoms with Crippen LogP contribution in [0.15, 0.2) is 42.5 Å². The molecule has 0 spiro atoms. The standard InChI is InChI=1S/C20H22N2O6/c1-4-16(14-7-5-13(2)6-8-14)21-19(23)12-28-18-10-9-15(20(24)27-3)11-17(18)22(25)26/h5-11,16H,4,12H2,1-3H3,(H,21,23)/t16-/m0/s1. The molecule has 0 saturated heterocycles. The van der Waals surface area contributed by atoms with Crippen LogP contribution in [-0.4, -0.2) is 30.5 Å². The number of amides is 1. The third-order valence-corrected chi connectivity index (χ3v) is 4.16. The highest BCUT2D eigenvalue weighted by molar-refractivity contribution is 5.90. The molecule has 0 unspecified atom stereocenters. The molecule has 28 heavy (non-hydrogen) atoms. The van der Waals surface area contributed by atoms with Gasteiger partial charge in [-0.05, 0) is 31.0 Å². The Labute approximate surface area is 162 Å². The van der Waals surface area contributed by atoms with Crippen molar-refractivity contribution in [3.05, 3.63) is 69.3 Å². The molecule has 0 aliphatic carbocycles. The van der Waals surface area contributed by atoms with Gasteiger partial charge in [0, 0.05) is 6.07 Å². The van der Waals surface area contributed by atoms with Gasteiger partial charge in [0.05, 0.1) is 23.6 Å². The van der Waals surface area contributed by atoms with Crippen LogP contribution >= 0.6 is 0 Å². The van der Waals surface area contributed by atoms with Gasteiger partial charge in [-0.25, -0.2) is 4.79 Å². The Morgan fingerprint density at radius 2 is 1.86 bits per heavy atom. The van der Waals surface area contributed by atoms with E-state index in [1.165, 1.54) is 19.2 Å². The van der Waals surface area contributed by atoms with Crippen molar-refractivity contribution >= 4 is 17.6 Å².